The Balaban J connectivity index is 1.79. The average molecular weight is 268 g/mol. The summed E-state index contributed by atoms with van der Waals surface area (Å²) in [4.78, 5) is 11.2. The van der Waals surface area contributed by atoms with Crippen molar-refractivity contribution in [2.24, 2.45) is 5.92 Å². The van der Waals surface area contributed by atoms with Crippen LogP contribution in [0.1, 0.15) is 77.0 Å². The molecule has 19 heavy (non-hydrogen) atoms. The molecule has 0 bridgehead atoms. The third-order valence-corrected chi connectivity index (χ3v) is 4.73. The van der Waals surface area contributed by atoms with Crippen LogP contribution in [0.4, 0.5) is 0 Å². The molecule has 1 saturated heterocycles. The Labute approximate surface area is 116 Å². The molecule has 1 heterocycles. The molecule has 1 unspecified atom stereocenters. The molecule has 0 aromatic rings. The summed E-state index contributed by atoms with van der Waals surface area (Å²) >= 11 is 0. The second-order valence-corrected chi connectivity index (χ2v) is 6.42. The van der Waals surface area contributed by atoms with Crippen LogP contribution in [-0.2, 0) is 9.53 Å². The first-order chi connectivity index (χ1) is 9.23. The number of ether oxygens (including phenoxy) is 1. The average Bonchev–Trinajstić information content (AvgIpc) is 3.14. The van der Waals surface area contributed by atoms with Gasteiger partial charge in [0, 0.05) is 0 Å². The van der Waals surface area contributed by atoms with E-state index in [1.165, 1.54) is 70.6 Å². The zero-order valence-electron chi connectivity index (χ0n) is 12.0. The first kappa shape index (κ1) is 14.8. The maximum atomic E-state index is 11.2. The van der Waals surface area contributed by atoms with E-state index in [0.29, 0.717) is 12.5 Å². The molecule has 1 atom stereocenters. The Morgan fingerprint density at radius 1 is 0.947 bits per heavy atom. The minimum absolute atomic E-state index is 0.429. The zero-order valence-corrected chi connectivity index (χ0v) is 12.0. The van der Waals surface area contributed by atoms with Gasteiger partial charge in [-0.15, -0.1) is 0 Å². The fourth-order valence-corrected chi connectivity index (χ4v) is 3.33. The van der Waals surface area contributed by atoms with Crippen LogP contribution in [0.3, 0.4) is 0 Å². The lowest BCUT2D eigenvalue weighted by molar-refractivity contribution is -0.144. The number of carbonyl (C=O) groups is 1. The number of rotatable bonds is 3. The minimum atomic E-state index is -0.804. The molecule has 1 saturated carbocycles. The van der Waals surface area contributed by atoms with E-state index in [9.17, 15) is 9.90 Å². The summed E-state index contributed by atoms with van der Waals surface area (Å²) in [5.41, 5.74) is -0.804. The zero-order chi connectivity index (χ0) is 13.6. The molecule has 2 rings (SSSR count). The molecule has 3 nitrogen and oxygen atoms in total. The summed E-state index contributed by atoms with van der Waals surface area (Å²) in [6, 6.07) is 0. The summed E-state index contributed by atoms with van der Waals surface area (Å²) in [7, 11) is 0. The number of aliphatic carboxylic acids is 1. The maximum absolute atomic E-state index is 11.2. The molecule has 1 aliphatic heterocycles. The van der Waals surface area contributed by atoms with Crippen molar-refractivity contribution < 1.29 is 14.6 Å². The van der Waals surface area contributed by atoms with Gasteiger partial charge in [0.15, 0.2) is 5.60 Å². The number of hydrogen-bond donors (Lipinski definition) is 1. The Morgan fingerprint density at radius 2 is 1.37 bits per heavy atom. The maximum Gasteiger partial charge on any atom is 0.338 e. The van der Waals surface area contributed by atoms with Crippen LogP contribution in [0, 0.1) is 5.92 Å². The molecule has 1 aliphatic carbocycles. The van der Waals surface area contributed by atoms with Crippen LogP contribution >= 0.6 is 0 Å². The molecule has 0 amide bonds. The quantitative estimate of drug-likeness (QED) is 0.782. The van der Waals surface area contributed by atoms with Crippen LogP contribution < -0.4 is 0 Å². The van der Waals surface area contributed by atoms with Crippen LogP contribution in [0.25, 0.3) is 0 Å². The molecule has 0 aromatic heterocycles. The van der Waals surface area contributed by atoms with Crippen molar-refractivity contribution in [1.82, 2.24) is 0 Å². The molecule has 110 valence electrons. The molecule has 0 spiro atoms. The number of carboxylic acids is 1. The molecule has 0 aromatic carbocycles. The lowest BCUT2D eigenvalue weighted by Crippen LogP contribution is -2.27. The van der Waals surface area contributed by atoms with Gasteiger partial charge >= 0.3 is 5.97 Å². The Bertz CT molecular complexity index is 272. The second kappa shape index (κ2) is 7.28. The fourth-order valence-electron chi connectivity index (χ4n) is 3.33. The van der Waals surface area contributed by atoms with Crippen LogP contribution in [0.2, 0.25) is 0 Å². The van der Waals surface area contributed by atoms with Gasteiger partial charge in [-0.25, -0.2) is 4.79 Å². The highest BCUT2D eigenvalue weighted by molar-refractivity contribution is 5.80. The van der Waals surface area contributed by atoms with Crippen LogP contribution in [-0.4, -0.2) is 23.3 Å². The first-order valence-electron chi connectivity index (χ1n) is 8.10. The van der Waals surface area contributed by atoms with Crippen LogP contribution in [0.15, 0.2) is 0 Å². The van der Waals surface area contributed by atoms with Gasteiger partial charge in [-0.05, 0) is 12.3 Å². The Hall–Kier alpha value is -0.570. The van der Waals surface area contributed by atoms with Gasteiger partial charge in [0.05, 0.1) is 6.61 Å². The van der Waals surface area contributed by atoms with E-state index in [1.807, 2.05) is 0 Å². The second-order valence-electron chi connectivity index (χ2n) is 6.42. The molecular formula is C16H28O3. The highest BCUT2D eigenvalue weighted by Gasteiger charge is 2.53. The number of epoxide rings is 1. The van der Waals surface area contributed by atoms with E-state index in [0.717, 1.165) is 6.42 Å². The number of hydrogen-bond acceptors (Lipinski definition) is 2. The Kier molecular flexibility index (Phi) is 5.68. The highest BCUT2D eigenvalue weighted by Crippen LogP contribution is 2.38. The van der Waals surface area contributed by atoms with Crippen molar-refractivity contribution in [2.75, 3.05) is 6.61 Å². The van der Waals surface area contributed by atoms with Gasteiger partial charge < -0.3 is 9.84 Å². The van der Waals surface area contributed by atoms with E-state index in [2.05, 4.69) is 0 Å². The molecule has 2 aliphatic rings. The SMILES string of the molecule is O=C(O)C1(CC2CCCCCCCCCCC2)CO1. The van der Waals surface area contributed by atoms with Crippen LogP contribution in [0.5, 0.6) is 0 Å². The fraction of sp³-hybridized carbons (Fsp3) is 0.938. The van der Waals surface area contributed by atoms with Gasteiger partial charge in [0.1, 0.15) is 0 Å². The standard InChI is InChI=1S/C16H28O3/c17-15(18)16(13-19-16)12-14-10-8-6-4-2-1-3-5-7-9-11-14/h14H,1-13H2,(H,17,18). The van der Waals surface area contributed by atoms with E-state index in [1.54, 1.807) is 0 Å². The molecule has 2 fully saturated rings. The van der Waals surface area contributed by atoms with Crippen molar-refractivity contribution in [3.05, 3.63) is 0 Å². The first-order valence-corrected chi connectivity index (χ1v) is 8.10. The van der Waals surface area contributed by atoms with Gasteiger partial charge in [-0.1, -0.05) is 70.6 Å². The number of carboxylic acid groups (broad SMARTS) is 1. The van der Waals surface area contributed by atoms with Gasteiger partial charge in [0.2, 0.25) is 0 Å². The lowest BCUT2D eigenvalue weighted by Gasteiger charge is -2.19. The summed E-state index contributed by atoms with van der Waals surface area (Å²) in [6.07, 6.45) is 15.2. The third-order valence-electron chi connectivity index (χ3n) is 4.73. The third kappa shape index (κ3) is 4.79. The van der Waals surface area contributed by atoms with Gasteiger partial charge in [-0.3, -0.25) is 0 Å². The minimum Gasteiger partial charge on any atom is -0.479 e. The van der Waals surface area contributed by atoms with Crippen molar-refractivity contribution >= 4 is 5.97 Å². The molecule has 0 radical (unpaired) electrons. The largest absolute Gasteiger partial charge is 0.479 e. The smallest absolute Gasteiger partial charge is 0.338 e. The normalized spacial score (nSPS) is 31.2. The van der Waals surface area contributed by atoms with Crippen molar-refractivity contribution in [3.63, 3.8) is 0 Å². The van der Waals surface area contributed by atoms with Gasteiger partial charge in [-0.2, -0.15) is 0 Å². The van der Waals surface area contributed by atoms with E-state index >= 15 is 0 Å². The van der Waals surface area contributed by atoms with E-state index in [4.69, 9.17) is 4.74 Å². The topological polar surface area (TPSA) is 49.8 Å². The predicted octanol–water partition coefficient (Wildman–Crippen LogP) is 4.15. The molecular weight excluding hydrogens is 240 g/mol. The monoisotopic (exact) mass is 268 g/mol. The highest BCUT2D eigenvalue weighted by atomic mass is 16.6. The Morgan fingerprint density at radius 3 is 1.74 bits per heavy atom. The summed E-state index contributed by atoms with van der Waals surface area (Å²) in [5, 5.41) is 9.22. The summed E-state index contributed by atoms with van der Waals surface area (Å²) < 4.78 is 5.23. The van der Waals surface area contributed by atoms with Crippen molar-refractivity contribution in [2.45, 2.75) is 82.7 Å². The summed E-state index contributed by atoms with van der Waals surface area (Å²) in [6.45, 7) is 0.429. The predicted molar refractivity (Wildman–Crippen MR) is 75.2 cm³/mol. The van der Waals surface area contributed by atoms with E-state index < -0.39 is 11.6 Å². The van der Waals surface area contributed by atoms with Crippen molar-refractivity contribution in [3.8, 4) is 0 Å². The molecule has 3 heteroatoms. The lowest BCUT2D eigenvalue weighted by atomic mass is 9.86. The summed E-state index contributed by atoms with van der Waals surface area (Å²) in [5.74, 6) is -0.198. The molecule has 1 N–H and O–H groups in total. The van der Waals surface area contributed by atoms with E-state index in [-0.39, 0.29) is 0 Å². The van der Waals surface area contributed by atoms with Crippen molar-refractivity contribution in [1.29, 1.82) is 0 Å². The van der Waals surface area contributed by atoms with Gasteiger partial charge in [0.25, 0.3) is 0 Å².